The Labute approximate surface area is 251 Å². The number of fused-ring (bicyclic) bond motifs is 2. The minimum Gasteiger partial charge on any atom is -0.497 e. The first-order chi connectivity index (χ1) is 20.8. The van der Waals surface area contributed by atoms with Crippen LogP contribution in [-0.4, -0.2) is 78.2 Å². The molecule has 0 atom stereocenters. The van der Waals surface area contributed by atoms with Crippen LogP contribution in [0.5, 0.6) is 11.5 Å². The lowest BCUT2D eigenvalue weighted by atomic mass is 10.1. The summed E-state index contributed by atoms with van der Waals surface area (Å²) in [6.07, 6.45) is 0.776. The first-order valence-electron chi connectivity index (χ1n) is 14.5. The molecule has 0 unspecified atom stereocenters. The first kappa shape index (κ1) is 28.5. The fourth-order valence-electron chi connectivity index (χ4n) is 5.92. The number of carbonyl (C=O) groups is 2. The number of benzene rings is 3. The smallest absolute Gasteiger partial charge is 0.412 e. The Hall–Kier alpha value is -4.60. The van der Waals surface area contributed by atoms with Crippen LogP contribution in [0.25, 0.3) is 17.0 Å². The molecular weight excluding hydrogens is 544 g/mol. The molecule has 0 aliphatic carbocycles. The van der Waals surface area contributed by atoms with Crippen molar-refractivity contribution >= 4 is 34.5 Å². The first-order valence-corrected chi connectivity index (χ1v) is 14.5. The summed E-state index contributed by atoms with van der Waals surface area (Å²) in [7, 11) is 3.81. The van der Waals surface area contributed by atoms with Crippen LogP contribution in [0.1, 0.15) is 27.2 Å². The Kier molecular flexibility index (Phi) is 7.92. The fraction of sp³-hybridized carbons (Fsp3) is 0.294. The van der Waals surface area contributed by atoms with E-state index in [1.54, 1.807) is 49.6 Å². The number of ketones is 1. The second-order valence-corrected chi connectivity index (χ2v) is 11.2. The van der Waals surface area contributed by atoms with E-state index in [9.17, 15) is 14.7 Å². The van der Waals surface area contributed by atoms with Crippen LogP contribution in [0.15, 0.2) is 72.5 Å². The molecule has 1 saturated heterocycles. The number of nitrogens with zero attached hydrogens (tertiary/aromatic N) is 4. The molecule has 0 spiro atoms. The van der Waals surface area contributed by atoms with Crippen LogP contribution in [0.2, 0.25) is 0 Å². The van der Waals surface area contributed by atoms with Gasteiger partial charge in [0, 0.05) is 67.1 Å². The number of piperazine rings is 1. The zero-order valence-electron chi connectivity index (χ0n) is 24.7. The van der Waals surface area contributed by atoms with Gasteiger partial charge in [0.1, 0.15) is 11.5 Å². The highest BCUT2D eigenvalue weighted by atomic mass is 16.5. The van der Waals surface area contributed by atoms with Crippen LogP contribution >= 0.6 is 0 Å². The van der Waals surface area contributed by atoms with E-state index in [2.05, 4.69) is 34.4 Å². The third kappa shape index (κ3) is 5.74. The van der Waals surface area contributed by atoms with E-state index >= 15 is 0 Å². The quantitative estimate of drug-likeness (QED) is 0.275. The number of methoxy groups -OCH3 is 1. The van der Waals surface area contributed by atoms with Crippen molar-refractivity contribution in [3.8, 4) is 11.5 Å². The van der Waals surface area contributed by atoms with Crippen LogP contribution < -0.4 is 14.4 Å². The number of likely N-dealkylation sites (N-methyl/N-ethyl adjacent to an activating group) is 1. The molecule has 222 valence electrons. The molecule has 2 aliphatic heterocycles. The molecule has 9 heteroatoms. The number of para-hydroxylation sites is 1. The number of carbonyl (C=O) groups excluding carboxylic acids is 1. The molecule has 6 rings (SSSR count). The van der Waals surface area contributed by atoms with Gasteiger partial charge in [-0.1, -0.05) is 24.3 Å². The van der Waals surface area contributed by atoms with E-state index in [0.717, 1.165) is 72.7 Å². The van der Waals surface area contributed by atoms with Gasteiger partial charge in [-0.25, -0.2) is 4.79 Å². The van der Waals surface area contributed by atoms with Gasteiger partial charge in [0.2, 0.25) is 5.78 Å². The summed E-state index contributed by atoms with van der Waals surface area (Å²) in [6, 6.07) is 20.2. The number of anilines is 1. The average Bonchev–Trinajstić information content (AvgIpc) is 3.47. The number of rotatable bonds is 8. The number of aromatic nitrogens is 1. The third-order valence-corrected chi connectivity index (χ3v) is 8.46. The summed E-state index contributed by atoms with van der Waals surface area (Å²) in [6.45, 7) is 8.24. The van der Waals surface area contributed by atoms with Crippen molar-refractivity contribution in [2.45, 2.75) is 20.0 Å². The maximum absolute atomic E-state index is 13.5. The summed E-state index contributed by atoms with van der Waals surface area (Å²) >= 11 is 0. The lowest BCUT2D eigenvalue weighted by Gasteiger charge is -2.32. The van der Waals surface area contributed by atoms with E-state index in [1.807, 2.05) is 24.3 Å². The van der Waals surface area contributed by atoms with Gasteiger partial charge in [0.05, 0.1) is 19.2 Å². The minimum absolute atomic E-state index is 0.128. The zero-order chi connectivity index (χ0) is 30.1. The Balaban J connectivity index is 1.29. The molecule has 1 aromatic heterocycles. The van der Waals surface area contributed by atoms with Gasteiger partial charge in [0.25, 0.3) is 0 Å². The summed E-state index contributed by atoms with van der Waals surface area (Å²) in [5.41, 5.74) is 4.82. The number of hydrogen-bond acceptors (Lipinski definition) is 6. The lowest BCUT2D eigenvalue weighted by molar-refractivity contribution is 0.101. The Morgan fingerprint density at radius 2 is 1.79 bits per heavy atom. The Bertz CT molecular complexity index is 1700. The number of amides is 1. The van der Waals surface area contributed by atoms with Gasteiger partial charge >= 0.3 is 6.09 Å². The van der Waals surface area contributed by atoms with Gasteiger partial charge in [-0.15, -0.1) is 0 Å². The Morgan fingerprint density at radius 3 is 2.51 bits per heavy atom. The summed E-state index contributed by atoms with van der Waals surface area (Å²) < 4.78 is 14.0. The monoisotopic (exact) mass is 580 g/mol. The highest BCUT2D eigenvalue weighted by Gasteiger charge is 2.29. The molecule has 0 radical (unpaired) electrons. The van der Waals surface area contributed by atoms with Crippen molar-refractivity contribution < 1.29 is 24.2 Å². The molecule has 43 heavy (non-hydrogen) atoms. The van der Waals surface area contributed by atoms with Crippen molar-refractivity contribution in [3.05, 3.63) is 94.9 Å². The third-order valence-electron chi connectivity index (χ3n) is 8.46. The van der Waals surface area contributed by atoms with Gasteiger partial charge < -0.3 is 24.0 Å². The van der Waals surface area contributed by atoms with Gasteiger partial charge in [-0.2, -0.15) is 0 Å². The summed E-state index contributed by atoms with van der Waals surface area (Å²) in [5, 5.41) is 10.8. The minimum atomic E-state index is -1.06. The number of carboxylic acid groups (broad SMARTS) is 1. The van der Waals surface area contributed by atoms with E-state index in [1.165, 1.54) is 4.90 Å². The van der Waals surface area contributed by atoms with Crippen molar-refractivity contribution in [1.82, 2.24) is 14.4 Å². The lowest BCUT2D eigenvalue weighted by Crippen LogP contribution is -2.45. The molecule has 1 N–H and O–H groups in total. The molecule has 2 aliphatic rings. The van der Waals surface area contributed by atoms with E-state index < -0.39 is 6.09 Å². The van der Waals surface area contributed by atoms with Crippen LogP contribution in [-0.2, 0) is 13.1 Å². The molecular formula is C34H36N4O5. The van der Waals surface area contributed by atoms with E-state index in [0.29, 0.717) is 17.0 Å². The van der Waals surface area contributed by atoms with E-state index in [4.69, 9.17) is 9.47 Å². The predicted octanol–water partition coefficient (Wildman–Crippen LogP) is 5.51. The fourth-order valence-corrected chi connectivity index (χ4v) is 5.92. The molecule has 3 aromatic carbocycles. The molecule has 1 amide bonds. The number of allylic oxidation sites excluding steroid dienone is 1. The zero-order valence-corrected chi connectivity index (χ0v) is 24.7. The molecule has 0 saturated carbocycles. The molecule has 3 heterocycles. The summed E-state index contributed by atoms with van der Waals surface area (Å²) in [5.74, 6) is 1.23. The molecule has 0 bridgehead atoms. The molecule has 9 nitrogen and oxygen atoms in total. The topological polar surface area (TPSA) is 87.5 Å². The predicted molar refractivity (Wildman–Crippen MR) is 167 cm³/mol. The SMILES string of the molecule is COc1ccc2c(c1)c(C=C1Oc3cc(CN(C(=O)O)c4ccccc4)ccc3C1=O)c(C)n2CCN1CCN(C)CC1. The van der Waals surface area contributed by atoms with Crippen molar-refractivity contribution in [2.24, 2.45) is 0 Å². The summed E-state index contributed by atoms with van der Waals surface area (Å²) in [4.78, 5) is 31.6. The van der Waals surface area contributed by atoms with Crippen LogP contribution in [0.3, 0.4) is 0 Å². The standard InChI is InChI=1S/C34H36N4O5/c1-23-28(29-20-26(42-3)10-12-30(29)37(23)18-17-36-15-13-35(2)14-16-36)21-32-33(39)27-11-9-24(19-31(27)43-32)22-38(34(40)41)25-7-5-4-6-8-25/h4-12,19-21H,13-18,22H2,1-3H3,(H,40,41). The van der Waals surface area contributed by atoms with Crippen molar-refractivity contribution in [1.29, 1.82) is 0 Å². The second-order valence-electron chi connectivity index (χ2n) is 11.2. The Morgan fingerprint density at radius 1 is 1.02 bits per heavy atom. The maximum Gasteiger partial charge on any atom is 0.412 e. The molecule has 1 fully saturated rings. The normalized spacial score (nSPS) is 16.4. The average molecular weight is 581 g/mol. The highest BCUT2D eigenvalue weighted by molar-refractivity contribution is 6.15. The van der Waals surface area contributed by atoms with E-state index in [-0.39, 0.29) is 18.1 Å². The number of ether oxygens (including phenoxy) is 2. The van der Waals surface area contributed by atoms with Crippen molar-refractivity contribution in [3.63, 3.8) is 0 Å². The van der Waals surface area contributed by atoms with Gasteiger partial charge in [0.15, 0.2) is 5.76 Å². The second kappa shape index (κ2) is 11.9. The maximum atomic E-state index is 13.5. The van der Waals surface area contributed by atoms with Crippen LogP contribution in [0, 0.1) is 6.92 Å². The number of hydrogen-bond donors (Lipinski definition) is 1. The van der Waals surface area contributed by atoms with Gasteiger partial charge in [-0.3, -0.25) is 14.6 Å². The highest BCUT2D eigenvalue weighted by Crippen LogP contribution is 2.36. The molecule has 4 aromatic rings. The van der Waals surface area contributed by atoms with Gasteiger partial charge in [-0.05, 0) is 68.1 Å². The largest absolute Gasteiger partial charge is 0.497 e. The van der Waals surface area contributed by atoms with Crippen LogP contribution in [0.4, 0.5) is 10.5 Å². The van der Waals surface area contributed by atoms with Crippen molar-refractivity contribution in [2.75, 3.05) is 51.8 Å². The number of Topliss-reactive ketones (excluding diaryl/α,β-unsaturated/α-hetero) is 1.